The zero-order chi connectivity index (χ0) is 13.4. The largest absolute Gasteiger partial charge is 0.331 e. The molecule has 1 aromatic heterocycles. The molecule has 19 heavy (non-hydrogen) atoms. The quantitative estimate of drug-likeness (QED) is 0.918. The van der Waals surface area contributed by atoms with Gasteiger partial charge in [-0.15, -0.1) is 0 Å². The Morgan fingerprint density at radius 2 is 2.11 bits per heavy atom. The molecule has 3 nitrogen and oxygen atoms in total. The minimum Gasteiger partial charge on any atom is -0.331 e. The summed E-state index contributed by atoms with van der Waals surface area (Å²) in [6.07, 6.45) is 5.40. The Morgan fingerprint density at radius 3 is 2.79 bits per heavy atom. The van der Waals surface area contributed by atoms with Gasteiger partial charge in [-0.2, -0.15) is 0 Å². The Labute approximate surface area is 114 Å². The van der Waals surface area contributed by atoms with Gasteiger partial charge in [-0.05, 0) is 55.8 Å². The highest BCUT2D eigenvalue weighted by molar-refractivity contribution is 5.77. The first-order valence-corrected chi connectivity index (χ1v) is 7.33. The van der Waals surface area contributed by atoms with Crippen LogP contribution in [0, 0.1) is 12.8 Å². The lowest BCUT2D eigenvalue weighted by molar-refractivity contribution is 0.440. The lowest BCUT2D eigenvalue weighted by atomic mass is 9.85. The molecule has 1 saturated carbocycles. The van der Waals surface area contributed by atoms with Gasteiger partial charge in [0.2, 0.25) is 0 Å². The van der Waals surface area contributed by atoms with Crippen LogP contribution < -0.4 is 5.73 Å². The predicted octanol–water partition coefficient (Wildman–Crippen LogP) is 3.11. The van der Waals surface area contributed by atoms with Gasteiger partial charge in [0, 0.05) is 7.05 Å². The summed E-state index contributed by atoms with van der Waals surface area (Å²) in [5.41, 5.74) is 9.73. The van der Waals surface area contributed by atoms with Crippen LogP contribution in [0.1, 0.15) is 43.0 Å². The van der Waals surface area contributed by atoms with E-state index in [1.54, 1.807) is 0 Å². The molecule has 1 unspecified atom stereocenters. The van der Waals surface area contributed by atoms with Crippen molar-refractivity contribution >= 4 is 11.0 Å². The third kappa shape index (κ3) is 2.16. The normalized spacial score (nSPS) is 18.3. The third-order valence-corrected chi connectivity index (χ3v) is 4.78. The maximum absolute atomic E-state index is 6.04. The van der Waals surface area contributed by atoms with Gasteiger partial charge in [0.05, 0.1) is 11.0 Å². The number of aryl methyl sites for hydroxylation is 2. The van der Waals surface area contributed by atoms with Crippen LogP contribution in [0.2, 0.25) is 0 Å². The first-order valence-electron chi connectivity index (χ1n) is 7.33. The van der Waals surface area contributed by atoms with Gasteiger partial charge < -0.3 is 10.3 Å². The van der Waals surface area contributed by atoms with Crippen molar-refractivity contribution in [2.75, 3.05) is 6.54 Å². The van der Waals surface area contributed by atoms with Crippen molar-refractivity contribution in [3.05, 3.63) is 29.6 Å². The summed E-state index contributed by atoms with van der Waals surface area (Å²) >= 11 is 0. The van der Waals surface area contributed by atoms with E-state index in [9.17, 15) is 0 Å². The molecule has 0 saturated heterocycles. The molecule has 1 aliphatic carbocycles. The molecule has 1 atom stereocenters. The van der Waals surface area contributed by atoms with Gasteiger partial charge in [-0.1, -0.05) is 18.9 Å². The molecule has 1 heterocycles. The molecule has 2 N–H and O–H groups in total. The van der Waals surface area contributed by atoms with E-state index < -0.39 is 0 Å². The minimum absolute atomic E-state index is 0.509. The average molecular weight is 257 g/mol. The molecule has 2 aromatic rings. The minimum atomic E-state index is 0.509. The monoisotopic (exact) mass is 257 g/mol. The van der Waals surface area contributed by atoms with Crippen molar-refractivity contribution in [1.82, 2.24) is 9.55 Å². The average Bonchev–Trinajstić information content (AvgIpc) is 3.01. The molecule has 0 bridgehead atoms. The standard InChI is InChI=1S/C16H23N3/c1-11-18-15-9-13(7-8-16(15)19(11)2)14(10-17)12-5-3-4-6-12/h7-9,12,14H,3-6,10,17H2,1-2H3. The Bertz CT molecular complexity index is 579. The second-order valence-corrected chi connectivity index (χ2v) is 5.85. The van der Waals surface area contributed by atoms with Crippen LogP contribution in [0.15, 0.2) is 18.2 Å². The topological polar surface area (TPSA) is 43.8 Å². The highest BCUT2D eigenvalue weighted by atomic mass is 15.0. The summed E-state index contributed by atoms with van der Waals surface area (Å²) in [6.45, 7) is 2.80. The molecular weight excluding hydrogens is 234 g/mol. The number of rotatable bonds is 3. The second-order valence-electron chi connectivity index (χ2n) is 5.85. The van der Waals surface area contributed by atoms with E-state index in [-0.39, 0.29) is 0 Å². The first-order chi connectivity index (χ1) is 9.20. The number of hydrogen-bond donors (Lipinski definition) is 1. The molecular formula is C16H23N3. The molecule has 3 rings (SSSR count). The molecule has 3 heteroatoms. The van der Waals surface area contributed by atoms with E-state index in [4.69, 9.17) is 5.73 Å². The van der Waals surface area contributed by atoms with E-state index in [1.807, 2.05) is 0 Å². The predicted molar refractivity (Wildman–Crippen MR) is 79.2 cm³/mol. The Kier molecular flexibility index (Phi) is 3.31. The summed E-state index contributed by atoms with van der Waals surface area (Å²) in [4.78, 5) is 4.64. The number of nitrogens with zero attached hydrogens (tertiary/aromatic N) is 2. The SMILES string of the molecule is Cc1nc2cc(C(CN)C3CCCC3)ccc2n1C. The molecule has 0 spiro atoms. The number of aromatic nitrogens is 2. The number of fused-ring (bicyclic) bond motifs is 1. The smallest absolute Gasteiger partial charge is 0.106 e. The highest BCUT2D eigenvalue weighted by Gasteiger charge is 2.25. The van der Waals surface area contributed by atoms with Crippen molar-refractivity contribution in [1.29, 1.82) is 0 Å². The molecule has 1 aliphatic rings. The van der Waals surface area contributed by atoms with E-state index in [0.717, 1.165) is 23.8 Å². The number of benzene rings is 1. The van der Waals surface area contributed by atoms with Crippen molar-refractivity contribution < 1.29 is 0 Å². The van der Waals surface area contributed by atoms with Gasteiger partial charge in [0.15, 0.2) is 0 Å². The van der Waals surface area contributed by atoms with Gasteiger partial charge in [0.1, 0.15) is 5.82 Å². The van der Waals surface area contributed by atoms with Crippen LogP contribution in [-0.4, -0.2) is 16.1 Å². The van der Waals surface area contributed by atoms with Crippen molar-refractivity contribution in [3.8, 4) is 0 Å². The first kappa shape index (κ1) is 12.7. The van der Waals surface area contributed by atoms with Crippen LogP contribution in [0.25, 0.3) is 11.0 Å². The fraction of sp³-hybridized carbons (Fsp3) is 0.562. The number of imidazole rings is 1. The fourth-order valence-electron chi connectivity index (χ4n) is 3.53. The molecule has 0 aliphatic heterocycles. The lowest BCUT2D eigenvalue weighted by Crippen LogP contribution is -2.19. The number of hydrogen-bond acceptors (Lipinski definition) is 2. The third-order valence-electron chi connectivity index (χ3n) is 4.78. The van der Waals surface area contributed by atoms with Crippen molar-refractivity contribution in [2.45, 2.75) is 38.5 Å². The van der Waals surface area contributed by atoms with Crippen molar-refractivity contribution in [3.63, 3.8) is 0 Å². The van der Waals surface area contributed by atoms with Gasteiger partial charge in [-0.25, -0.2) is 4.98 Å². The fourth-order valence-corrected chi connectivity index (χ4v) is 3.53. The molecule has 1 fully saturated rings. The van der Waals surface area contributed by atoms with Crippen LogP contribution in [0.4, 0.5) is 0 Å². The van der Waals surface area contributed by atoms with E-state index >= 15 is 0 Å². The van der Waals surface area contributed by atoms with Crippen LogP contribution >= 0.6 is 0 Å². The van der Waals surface area contributed by atoms with E-state index in [1.165, 1.54) is 36.8 Å². The van der Waals surface area contributed by atoms with Crippen LogP contribution in [-0.2, 0) is 7.05 Å². The zero-order valence-electron chi connectivity index (χ0n) is 11.9. The summed E-state index contributed by atoms with van der Waals surface area (Å²) < 4.78 is 2.14. The maximum Gasteiger partial charge on any atom is 0.106 e. The van der Waals surface area contributed by atoms with Crippen LogP contribution in [0.3, 0.4) is 0 Å². The van der Waals surface area contributed by atoms with Gasteiger partial charge >= 0.3 is 0 Å². The molecule has 102 valence electrons. The Morgan fingerprint density at radius 1 is 1.37 bits per heavy atom. The van der Waals surface area contributed by atoms with Gasteiger partial charge in [-0.3, -0.25) is 0 Å². The summed E-state index contributed by atoms with van der Waals surface area (Å²) in [5, 5.41) is 0. The van der Waals surface area contributed by atoms with Crippen molar-refractivity contribution in [2.24, 2.45) is 18.7 Å². The lowest BCUT2D eigenvalue weighted by Gasteiger charge is -2.22. The Balaban J connectivity index is 1.99. The second kappa shape index (κ2) is 4.97. The molecule has 0 amide bonds. The summed E-state index contributed by atoms with van der Waals surface area (Å²) in [6, 6.07) is 6.69. The highest BCUT2D eigenvalue weighted by Crippen LogP contribution is 2.37. The summed E-state index contributed by atoms with van der Waals surface area (Å²) in [5.74, 6) is 2.35. The van der Waals surface area contributed by atoms with E-state index in [0.29, 0.717) is 5.92 Å². The summed E-state index contributed by atoms with van der Waals surface area (Å²) in [7, 11) is 2.07. The van der Waals surface area contributed by atoms with Crippen LogP contribution in [0.5, 0.6) is 0 Å². The molecule has 0 radical (unpaired) electrons. The van der Waals surface area contributed by atoms with Gasteiger partial charge in [0.25, 0.3) is 0 Å². The maximum atomic E-state index is 6.04. The Hall–Kier alpha value is -1.35. The van der Waals surface area contributed by atoms with E-state index in [2.05, 4.69) is 41.7 Å². The molecule has 1 aromatic carbocycles. The zero-order valence-corrected chi connectivity index (χ0v) is 11.9. The number of nitrogens with two attached hydrogens (primary N) is 1.